The smallest absolute Gasteiger partial charge is 0.240 e. The summed E-state index contributed by atoms with van der Waals surface area (Å²) in [7, 11) is -1.92. The average Bonchev–Trinajstić information content (AvgIpc) is 2.92. The highest BCUT2D eigenvalue weighted by Crippen LogP contribution is 2.14. The predicted molar refractivity (Wildman–Crippen MR) is 76.8 cm³/mol. The van der Waals surface area contributed by atoms with E-state index in [1.54, 1.807) is 24.3 Å². The second-order valence-electron chi connectivity index (χ2n) is 4.74. The summed E-state index contributed by atoms with van der Waals surface area (Å²) in [5, 5.41) is 6.76. The van der Waals surface area contributed by atoms with Gasteiger partial charge < -0.3 is 10.6 Å². The minimum absolute atomic E-state index is 0.290. The molecule has 1 atom stereocenters. The number of rotatable bonds is 6. The van der Waals surface area contributed by atoms with Gasteiger partial charge in [-0.15, -0.1) is 0 Å². The first-order valence-electron chi connectivity index (χ1n) is 6.63. The first-order chi connectivity index (χ1) is 9.12. The molecule has 0 radical (unpaired) electrons. The highest BCUT2D eigenvalue weighted by atomic mass is 32.2. The molecule has 0 aromatic heterocycles. The zero-order chi connectivity index (χ0) is 13.7. The Morgan fingerprint density at radius 2 is 2.05 bits per heavy atom. The quantitative estimate of drug-likeness (QED) is 0.732. The van der Waals surface area contributed by atoms with Crippen molar-refractivity contribution in [1.29, 1.82) is 0 Å². The van der Waals surface area contributed by atoms with Crippen molar-refractivity contribution in [2.24, 2.45) is 0 Å². The highest BCUT2D eigenvalue weighted by Gasteiger charge is 2.13. The standard InChI is InChI=1S/C13H21N3O2S/c1-14-19(17,18)13-6-4-12(5-7-13)16-10-8-11-3-2-9-15-11/h4-7,11,14-16H,2-3,8-10H2,1H3/t11-/m1/s1. The number of anilines is 1. The summed E-state index contributed by atoms with van der Waals surface area (Å²) in [5.41, 5.74) is 0.952. The molecule has 1 aromatic rings. The Morgan fingerprint density at radius 3 is 2.63 bits per heavy atom. The molecule has 2 rings (SSSR count). The van der Waals surface area contributed by atoms with Crippen molar-refractivity contribution >= 4 is 15.7 Å². The van der Waals surface area contributed by atoms with Crippen molar-refractivity contribution in [2.45, 2.75) is 30.2 Å². The van der Waals surface area contributed by atoms with Crippen molar-refractivity contribution in [1.82, 2.24) is 10.0 Å². The van der Waals surface area contributed by atoms with Crippen LogP contribution in [0.1, 0.15) is 19.3 Å². The summed E-state index contributed by atoms with van der Waals surface area (Å²) in [5.74, 6) is 0. The van der Waals surface area contributed by atoms with E-state index in [0.29, 0.717) is 6.04 Å². The molecule has 3 N–H and O–H groups in total. The van der Waals surface area contributed by atoms with Crippen molar-refractivity contribution in [3.63, 3.8) is 0 Å². The number of benzene rings is 1. The molecular formula is C13H21N3O2S. The summed E-state index contributed by atoms with van der Waals surface area (Å²) >= 11 is 0. The lowest BCUT2D eigenvalue weighted by molar-refractivity contribution is 0.574. The first-order valence-corrected chi connectivity index (χ1v) is 8.11. The van der Waals surface area contributed by atoms with E-state index in [4.69, 9.17) is 0 Å². The number of hydrogen-bond acceptors (Lipinski definition) is 4. The Bertz CT molecular complexity index is 493. The molecule has 0 amide bonds. The third-order valence-electron chi connectivity index (χ3n) is 3.42. The molecule has 106 valence electrons. The maximum atomic E-state index is 11.6. The average molecular weight is 283 g/mol. The SMILES string of the molecule is CNS(=O)(=O)c1ccc(NCC[C@H]2CCCN2)cc1. The largest absolute Gasteiger partial charge is 0.385 e. The van der Waals surface area contributed by atoms with E-state index in [1.165, 1.54) is 19.9 Å². The van der Waals surface area contributed by atoms with Gasteiger partial charge in [-0.25, -0.2) is 13.1 Å². The van der Waals surface area contributed by atoms with Crippen molar-refractivity contribution in [2.75, 3.05) is 25.5 Å². The van der Waals surface area contributed by atoms with E-state index in [2.05, 4.69) is 15.4 Å². The van der Waals surface area contributed by atoms with Gasteiger partial charge in [0.2, 0.25) is 10.0 Å². The summed E-state index contributed by atoms with van der Waals surface area (Å²) in [6.45, 7) is 2.02. The van der Waals surface area contributed by atoms with Crippen LogP contribution in [0.15, 0.2) is 29.2 Å². The second kappa shape index (κ2) is 6.36. The minimum Gasteiger partial charge on any atom is -0.385 e. The minimum atomic E-state index is -3.34. The van der Waals surface area contributed by atoms with Crippen LogP contribution in [0.4, 0.5) is 5.69 Å². The normalized spacial score (nSPS) is 19.5. The lowest BCUT2D eigenvalue weighted by Gasteiger charge is -2.12. The van der Waals surface area contributed by atoms with E-state index in [1.807, 2.05) is 0 Å². The van der Waals surface area contributed by atoms with E-state index >= 15 is 0 Å². The Morgan fingerprint density at radius 1 is 1.32 bits per heavy atom. The molecule has 0 aliphatic carbocycles. The molecule has 6 heteroatoms. The molecule has 0 saturated carbocycles. The predicted octanol–water partition coefficient (Wildman–Crippen LogP) is 1.15. The van der Waals surface area contributed by atoms with Gasteiger partial charge in [0.1, 0.15) is 0 Å². The van der Waals surface area contributed by atoms with Gasteiger partial charge in [0.25, 0.3) is 0 Å². The molecule has 19 heavy (non-hydrogen) atoms. The molecule has 1 heterocycles. The van der Waals surface area contributed by atoms with E-state index < -0.39 is 10.0 Å². The molecule has 1 fully saturated rings. The Kier molecular flexibility index (Phi) is 4.79. The number of sulfonamides is 1. The van der Waals surface area contributed by atoms with Crippen LogP contribution < -0.4 is 15.4 Å². The summed E-state index contributed by atoms with van der Waals surface area (Å²) in [6, 6.07) is 7.44. The van der Waals surface area contributed by atoms with Crippen molar-refractivity contribution in [3.05, 3.63) is 24.3 Å². The van der Waals surface area contributed by atoms with Gasteiger partial charge in [-0.2, -0.15) is 0 Å². The molecule has 0 spiro atoms. The van der Waals surface area contributed by atoms with Crippen LogP contribution in [0.25, 0.3) is 0 Å². The van der Waals surface area contributed by atoms with Crippen LogP contribution in [-0.2, 0) is 10.0 Å². The molecule has 1 aromatic carbocycles. The van der Waals surface area contributed by atoms with Crippen LogP contribution in [0.3, 0.4) is 0 Å². The third kappa shape index (κ3) is 3.92. The summed E-state index contributed by atoms with van der Waals surface area (Å²) in [4.78, 5) is 0.290. The summed E-state index contributed by atoms with van der Waals surface area (Å²) in [6.07, 6.45) is 3.61. The van der Waals surface area contributed by atoms with Crippen LogP contribution >= 0.6 is 0 Å². The van der Waals surface area contributed by atoms with E-state index in [-0.39, 0.29) is 4.90 Å². The lowest BCUT2D eigenvalue weighted by Crippen LogP contribution is -2.24. The molecule has 1 aliphatic rings. The van der Waals surface area contributed by atoms with Crippen molar-refractivity contribution < 1.29 is 8.42 Å². The van der Waals surface area contributed by atoms with E-state index in [9.17, 15) is 8.42 Å². The van der Waals surface area contributed by atoms with E-state index in [0.717, 1.165) is 25.2 Å². The first kappa shape index (κ1) is 14.3. The summed E-state index contributed by atoms with van der Waals surface area (Å²) < 4.78 is 25.4. The fraction of sp³-hybridized carbons (Fsp3) is 0.538. The van der Waals surface area contributed by atoms with Crippen LogP contribution in [0.2, 0.25) is 0 Å². The molecule has 0 bridgehead atoms. The third-order valence-corrected chi connectivity index (χ3v) is 4.85. The van der Waals surface area contributed by atoms with Gasteiger partial charge in [-0.05, 0) is 57.1 Å². The zero-order valence-electron chi connectivity index (χ0n) is 11.1. The topological polar surface area (TPSA) is 70.2 Å². The zero-order valence-corrected chi connectivity index (χ0v) is 12.0. The maximum Gasteiger partial charge on any atom is 0.240 e. The maximum absolute atomic E-state index is 11.6. The number of hydrogen-bond donors (Lipinski definition) is 3. The van der Waals surface area contributed by atoms with Gasteiger partial charge in [0, 0.05) is 18.3 Å². The Labute approximate surface area is 114 Å². The monoisotopic (exact) mass is 283 g/mol. The van der Waals surface area contributed by atoms with Gasteiger partial charge in [0.05, 0.1) is 4.90 Å². The Balaban J connectivity index is 1.85. The van der Waals surface area contributed by atoms with Gasteiger partial charge in [0.15, 0.2) is 0 Å². The van der Waals surface area contributed by atoms with Gasteiger partial charge >= 0.3 is 0 Å². The molecule has 5 nitrogen and oxygen atoms in total. The van der Waals surface area contributed by atoms with Crippen LogP contribution in [0, 0.1) is 0 Å². The second-order valence-corrected chi connectivity index (χ2v) is 6.63. The van der Waals surface area contributed by atoms with Crippen LogP contribution in [-0.4, -0.2) is 34.6 Å². The van der Waals surface area contributed by atoms with Crippen molar-refractivity contribution in [3.8, 4) is 0 Å². The molecular weight excluding hydrogens is 262 g/mol. The Hall–Kier alpha value is -1.11. The fourth-order valence-corrected chi connectivity index (χ4v) is 2.99. The molecule has 1 aliphatic heterocycles. The lowest BCUT2D eigenvalue weighted by atomic mass is 10.1. The van der Waals surface area contributed by atoms with Crippen LogP contribution in [0.5, 0.6) is 0 Å². The van der Waals surface area contributed by atoms with Gasteiger partial charge in [-0.1, -0.05) is 0 Å². The highest BCUT2D eigenvalue weighted by molar-refractivity contribution is 7.89. The molecule has 0 unspecified atom stereocenters. The number of nitrogens with one attached hydrogen (secondary N) is 3. The van der Waals surface area contributed by atoms with Gasteiger partial charge in [-0.3, -0.25) is 0 Å². The molecule has 1 saturated heterocycles. The fourth-order valence-electron chi connectivity index (χ4n) is 2.26.